The van der Waals surface area contributed by atoms with Crippen LogP contribution in [0.5, 0.6) is 0 Å². The maximum absolute atomic E-state index is 4.62. The van der Waals surface area contributed by atoms with Gasteiger partial charge >= 0.3 is 0 Å². The molecule has 0 saturated carbocycles. The Morgan fingerprint density at radius 3 is 2.79 bits per heavy atom. The van der Waals surface area contributed by atoms with Crippen molar-refractivity contribution in [1.82, 2.24) is 10.3 Å². The van der Waals surface area contributed by atoms with Gasteiger partial charge in [-0.3, -0.25) is 0 Å². The molecule has 2 nitrogen and oxygen atoms in total. The average molecular weight is 353 g/mol. The molecule has 0 saturated heterocycles. The van der Waals surface area contributed by atoms with E-state index in [1.807, 2.05) is 17.4 Å². The number of halogens is 1. The van der Waals surface area contributed by atoms with Crippen LogP contribution >= 0.6 is 38.6 Å². The minimum absolute atomic E-state index is 0.827. The van der Waals surface area contributed by atoms with Gasteiger partial charge in [-0.15, -0.1) is 22.7 Å². The summed E-state index contributed by atoms with van der Waals surface area (Å²) < 4.78 is 2.46. The van der Waals surface area contributed by atoms with Gasteiger partial charge in [0.25, 0.3) is 0 Å². The third-order valence-electron chi connectivity index (χ3n) is 2.82. The van der Waals surface area contributed by atoms with E-state index in [0.29, 0.717) is 0 Å². The largest absolute Gasteiger partial charge is 0.306 e. The maximum Gasteiger partial charge on any atom is 0.108 e. The van der Waals surface area contributed by atoms with E-state index in [4.69, 9.17) is 0 Å². The summed E-state index contributed by atoms with van der Waals surface area (Å²) in [6.07, 6.45) is 0. The average Bonchev–Trinajstić information content (AvgIpc) is 2.93. The molecule has 3 rings (SSSR count). The summed E-state index contributed by atoms with van der Waals surface area (Å²) >= 11 is 7.14. The molecule has 3 aromatic rings. The summed E-state index contributed by atoms with van der Waals surface area (Å²) in [5, 5.41) is 4.60. The highest BCUT2D eigenvalue weighted by molar-refractivity contribution is 9.10. The van der Waals surface area contributed by atoms with E-state index < -0.39 is 0 Å². The highest BCUT2D eigenvalue weighted by atomic mass is 79.9. The summed E-state index contributed by atoms with van der Waals surface area (Å²) in [7, 11) is 0. The molecule has 19 heavy (non-hydrogen) atoms. The first kappa shape index (κ1) is 13.2. The van der Waals surface area contributed by atoms with E-state index in [9.17, 15) is 0 Å². The molecule has 0 radical (unpaired) electrons. The van der Waals surface area contributed by atoms with Crippen LogP contribution in [0, 0.1) is 6.92 Å². The van der Waals surface area contributed by atoms with Gasteiger partial charge in [-0.1, -0.05) is 12.1 Å². The number of nitrogens with zero attached hydrogens (tertiary/aromatic N) is 1. The first-order chi connectivity index (χ1) is 9.22. The molecule has 0 aliphatic rings. The van der Waals surface area contributed by atoms with Crippen molar-refractivity contribution in [2.45, 2.75) is 20.0 Å². The molecule has 2 heterocycles. The number of aryl methyl sites for hydroxylation is 1. The first-order valence-electron chi connectivity index (χ1n) is 6.02. The van der Waals surface area contributed by atoms with Crippen molar-refractivity contribution >= 4 is 48.8 Å². The zero-order chi connectivity index (χ0) is 13.2. The van der Waals surface area contributed by atoms with Gasteiger partial charge in [-0.05, 0) is 41.1 Å². The fourth-order valence-electron chi connectivity index (χ4n) is 1.89. The molecule has 5 heteroatoms. The van der Waals surface area contributed by atoms with Crippen LogP contribution in [-0.2, 0) is 13.1 Å². The molecule has 0 spiro atoms. The maximum atomic E-state index is 4.62. The topological polar surface area (TPSA) is 24.9 Å². The van der Waals surface area contributed by atoms with Crippen LogP contribution in [0.2, 0.25) is 0 Å². The van der Waals surface area contributed by atoms with Crippen LogP contribution in [0.15, 0.2) is 34.8 Å². The fraction of sp³-hybridized carbons (Fsp3) is 0.214. The van der Waals surface area contributed by atoms with Gasteiger partial charge in [0.1, 0.15) is 5.01 Å². The van der Waals surface area contributed by atoms with E-state index in [2.05, 4.69) is 57.4 Å². The van der Waals surface area contributed by atoms with Crippen LogP contribution in [0.4, 0.5) is 0 Å². The Labute approximate surface area is 128 Å². The molecule has 0 aliphatic heterocycles. The van der Waals surface area contributed by atoms with E-state index in [1.165, 1.54) is 18.9 Å². The summed E-state index contributed by atoms with van der Waals surface area (Å²) in [6.45, 7) is 3.85. The number of rotatable bonds is 4. The van der Waals surface area contributed by atoms with Gasteiger partial charge in [0.2, 0.25) is 0 Å². The van der Waals surface area contributed by atoms with Crippen LogP contribution in [-0.4, -0.2) is 4.98 Å². The van der Waals surface area contributed by atoms with Crippen molar-refractivity contribution < 1.29 is 0 Å². The molecule has 98 valence electrons. The Bertz CT molecular complexity index is 650. The first-order valence-corrected chi connectivity index (χ1v) is 8.45. The number of benzene rings is 1. The SMILES string of the molecule is Cc1sc(CNCc2nc3ccccc3s2)cc1Br. The van der Waals surface area contributed by atoms with Crippen molar-refractivity contribution in [3.63, 3.8) is 0 Å². The third kappa shape index (κ3) is 3.05. The van der Waals surface area contributed by atoms with E-state index in [-0.39, 0.29) is 0 Å². The van der Waals surface area contributed by atoms with Gasteiger partial charge in [-0.2, -0.15) is 0 Å². The summed E-state index contributed by atoms with van der Waals surface area (Å²) in [5.41, 5.74) is 1.10. The molecule has 0 bridgehead atoms. The Hall–Kier alpha value is -0.750. The predicted octanol–water partition coefficient (Wildman–Crippen LogP) is 4.72. The van der Waals surface area contributed by atoms with Crippen LogP contribution in [0.3, 0.4) is 0 Å². The standard InChI is InChI=1S/C14H13BrN2S2/c1-9-11(15)6-10(18-9)7-16-8-14-17-12-4-2-3-5-13(12)19-14/h2-6,16H,7-8H2,1H3. The minimum atomic E-state index is 0.827. The van der Waals surface area contributed by atoms with Crippen LogP contribution < -0.4 is 5.32 Å². The lowest BCUT2D eigenvalue weighted by molar-refractivity contribution is 0.698. The molecule has 0 fully saturated rings. The lowest BCUT2D eigenvalue weighted by Crippen LogP contribution is -2.11. The van der Waals surface area contributed by atoms with Crippen molar-refractivity contribution in [3.05, 3.63) is 49.6 Å². The number of nitrogens with one attached hydrogen (secondary N) is 1. The molecule has 0 unspecified atom stereocenters. The molecule has 1 N–H and O–H groups in total. The van der Waals surface area contributed by atoms with Gasteiger partial charge < -0.3 is 5.32 Å². The Morgan fingerprint density at radius 2 is 2.05 bits per heavy atom. The fourth-order valence-corrected chi connectivity index (χ4v) is 4.40. The van der Waals surface area contributed by atoms with Crippen molar-refractivity contribution in [3.8, 4) is 0 Å². The summed E-state index contributed by atoms with van der Waals surface area (Å²) in [5.74, 6) is 0. The molecule has 0 aliphatic carbocycles. The van der Waals surface area contributed by atoms with Gasteiger partial charge in [0.15, 0.2) is 0 Å². The van der Waals surface area contributed by atoms with Crippen LogP contribution in [0.25, 0.3) is 10.2 Å². The molecule has 1 aromatic carbocycles. The zero-order valence-electron chi connectivity index (χ0n) is 10.4. The molecule has 2 aromatic heterocycles. The number of thiophene rings is 1. The van der Waals surface area contributed by atoms with Gasteiger partial charge in [0.05, 0.1) is 10.2 Å². The smallest absolute Gasteiger partial charge is 0.108 e. The predicted molar refractivity (Wildman–Crippen MR) is 86.9 cm³/mol. The highest BCUT2D eigenvalue weighted by Gasteiger charge is 2.05. The monoisotopic (exact) mass is 352 g/mol. The molecule has 0 atom stereocenters. The molecule has 0 amide bonds. The van der Waals surface area contributed by atoms with E-state index in [1.54, 1.807) is 11.3 Å². The van der Waals surface area contributed by atoms with Gasteiger partial charge in [-0.25, -0.2) is 4.98 Å². The van der Waals surface area contributed by atoms with Gasteiger partial charge in [0, 0.05) is 27.3 Å². The number of para-hydroxylation sites is 1. The Balaban J connectivity index is 1.63. The zero-order valence-corrected chi connectivity index (χ0v) is 13.7. The minimum Gasteiger partial charge on any atom is -0.306 e. The molecular weight excluding hydrogens is 340 g/mol. The number of aromatic nitrogens is 1. The number of hydrogen-bond acceptors (Lipinski definition) is 4. The quantitative estimate of drug-likeness (QED) is 0.734. The third-order valence-corrected chi connectivity index (χ3v) is 5.99. The number of hydrogen-bond donors (Lipinski definition) is 1. The Kier molecular flexibility index (Phi) is 3.98. The second-order valence-electron chi connectivity index (χ2n) is 4.30. The highest BCUT2D eigenvalue weighted by Crippen LogP contribution is 2.26. The van der Waals surface area contributed by atoms with Crippen molar-refractivity contribution in [2.75, 3.05) is 0 Å². The number of fused-ring (bicyclic) bond motifs is 1. The molecular formula is C14H13BrN2S2. The second kappa shape index (κ2) is 5.71. The summed E-state index contributed by atoms with van der Waals surface area (Å²) in [6, 6.07) is 10.5. The lowest BCUT2D eigenvalue weighted by atomic mass is 10.3. The normalized spacial score (nSPS) is 11.3. The number of thiazole rings is 1. The lowest BCUT2D eigenvalue weighted by Gasteiger charge is -1.98. The summed E-state index contributed by atoms with van der Waals surface area (Å²) in [4.78, 5) is 7.30. The van der Waals surface area contributed by atoms with Crippen molar-refractivity contribution in [2.24, 2.45) is 0 Å². The van der Waals surface area contributed by atoms with Crippen molar-refractivity contribution in [1.29, 1.82) is 0 Å². The second-order valence-corrected chi connectivity index (χ2v) is 7.61. The van der Waals surface area contributed by atoms with E-state index in [0.717, 1.165) is 23.6 Å². The Morgan fingerprint density at radius 1 is 1.21 bits per heavy atom. The van der Waals surface area contributed by atoms with E-state index >= 15 is 0 Å². The van der Waals surface area contributed by atoms with Crippen LogP contribution in [0.1, 0.15) is 14.8 Å².